The van der Waals surface area contributed by atoms with Gasteiger partial charge in [-0.15, -0.1) is 11.6 Å². The zero-order chi connectivity index (χ0) is 31.5. The van der Waals surface area contributed by atoms with E-state index in [0.29, 0.717) is 0 Å². The summed E-state index contributed by atoms with van der Waals surface area (Å²) in [5.41, 5.74) is 0. The van der Waals surface area contributed by atoms with Crippen molar-refractivity contribution in [1.29, 1.82) is 0 Å². The number of carbonyl (C=O) groups excluding carboxylic acids is 1. The van der Waals surface area contributed by atoms with Gasteiger partial charge in [-0.1, -0.05) is 123 Å². The van der Waals surface area contributed by atoms with Crippen LogP contribution in [-0.2, 0) is 4.79 Å². The number of rotatable bonds is 23. The summed E-state index contributed by atoms with van der Waals surface area (Å²) in [5, 5.41) is 9.14. The molecule has 0 radical (unpaired) electrons. The topological polar surface area (TPSA) is 40.1 Å². The Balaban J connectivity index is -0.000000153. The van der Waals surface area contributed by atoms with Crippen molar-refractivity contribution in [2.75, 3.05) is 60.2 Å². The van der Waals surface area contributed by atoms with Gasteiger partial charge in [-0.2, -0.15) is 0 Å². The Labute approximate surface area is 268 Å². The first-order valence-corrected chi connectivity index (χ1v) is 15.9. The number of halogens is 2. The fourth-order valence-electron chi connectivity index (χ4n) is 3.84. The maximum atomic E-state index is 9.14. The molecule has 0 aromatic rings. The Morgan fingerprint density at radius 1 is 0.585 bits per heavy atom. The summed E-state index contributed by atoms with van der Waals surface area (Å²) >= 11 is 5.64. The minimum absolute atomic E-state index is 0. The van der Waals surface area contributed by atoms with Crippen LogP contribution in [0.25, 0.3) is 0 Å². The van der Waals surface area contributed by atoms with Gasteiger partial charge in [0.1, 0.15) is 0 Å². The van der Waals surface area contributed by atoms with Gasteiger partial charge in [-0.25, -0.2) is 0 Å². The Morgan fingerprint density at radius 3 is 0.976 bits per heavy atom. The second-order valence-corrected chi connectivity index (χ2v) is 11.9. The number of carbonyl (C=O) groups is 1. The van der Waals surface area contributed by atoms with Crippen LogP contribution in [0.1, 0.15) is 96.8 Å². The highest BCUT2D eigenvalue weighted by molar-refractivity contribution is 6.17. The highest BCUT2D eigenvalue weighted by Crippen LogP contribution is 2.13. The first-order chi connectivity index (χ1) is 18.9. The molecule has 0 saturated carbocycles. The molecule has 6 heteroatoms. The molecule has 0 atom stereocenters. The molecule has 0 rings (SSSR count). The number of aliphatic carboxylic acids is 1. The van der Waals surface area contributed by atoms with E-state index in [0.717, 1.165) is 47.1 Å². The number of unbranched alkanes of at least 4 members (excludes halogenated alkanes) is 13. The lowest BCUT2D eigenvalue weighted by Crippen LogP contribution is -3.00. The van der Waals surface area contributed by atoms with E-state index in [-0.39, 0.29) is 12.4 Å². The van der Waals surface area contributed by atoms with Crippen molar-refractivity contribution in [1.82, 2.24) is 0 Å². The van der Waals surface area contributed by atoms with E-state index >= 15 is 0 Å². The minimum atomic E-state index is -1.23. The molecule has 0 bridgehead atoms. The second kappa shape index (κ2) is 38.7. The molecule has 0 aromatic heterocycles. The molecule has 0 N–H and O–H groups in total. The smallest absolute Gasteiger partial charge is 0.0969 e. The summed E-state index contributed by atoms with van der Waals surface area (Å²) in [6.07, 6.45) is 28.3. The van der Waals surface area contributed by atoms with Crippen LogP contribution in [-0.4, -0.2) is 75.2 Å². The third-order valence-corrected chi connectivity index (χ3v) is 6.41. The predicted octanol–water partition coefficient (Wildman–Crippen LogP) is 5.50. The average Bonchev–Trinajstić information content (AvgIpc) is 2.88. The van der Waals surface area contributed by atoms with Crippen molar-refractivity contribution in [2.45, 2.75) is 96.8 Å². The molecule has 0 aliphatic carbocycles. The van der Waals surface area contributed by atoms with Crippen molar-refractivity contribution in [3.63, 3.8) is 0 Å². The van der Waals surface area contributed by atoms with Crippen molar-refractivity contribution >= 4 is 17.6 Å². The third kappa shape index (κ3) is 55.3. The van der Waals surface area contributed by atoms with Gasteiger partial charge in [0.25, 0.3) is 0 Å². The van der Waals surface area contributed by atoms with Gasteiger partial charge in [0.05, 0.1) is 60.3 Å². The highest BCUT2D eigenvalue weighted by atomic mass is 35.5. The van der Waals surface area contributed by atoms with Gasteiger partial charge in [0.2, 0.25) is 0 Å². The lowest BCUT2D eigenvalue weighted by molar-refractivity contribution is -0.878. The third-order valence-electron chi connectivity index (χ3n) is 6.15. The van der Waals surface area contributed by atoms with E-state index in [2.05, 4.69) is 68.0 Å². The summed E-state index contributed by atoms with van der Waals surface area (Å²) in [7, 11) is 8.62. The number of alkyl halides is 1. The van der Waals surface area contributed by atoms with Crippen molar-refractivity contribution in [2.24, 2.45) is 0 Å². The molecule has 0 spiro atoms. The molecular formula is C35H68Cl2N2O2. The van der Waals surface area contributed by atoms with Gasteiger partial charge in [-0.05, 0) is 36.8 Å². The normalized spacial score (nSPS) is 10.1. The molecule has 0 heterocycles. The van der Waals surface area contributed by atoms with Gasteiger partial charge in [0, 0.05) is 5.88 Å². The van der Waals surface area contributed by atoms with Gasteiger partial charge < -0.3 is 31.3 Å². The summed E-state index contributed by atoms with van der Waals surface area (Å²) in [4.78, 5) is 9.14. The first kappa shape index (κ1) is 49.4. The molecule has 0 aliphatic rings. The van der Waals surface area contributed by atoms with Gasteiger partial charge >= 0.3 is 0 Å². The second-order valence-electron chi connectivity index (χ2n) is 11.6. The number of hydrogen-bond donors (Lipinski definition) is 0. The van der Waals surface area contributed by atoms with E-state index in [4.69, 9.17) is 21.5 Å². The average molecular weight is 620 g/mol. The summed E-state index contributed by atoms with van der Waals surface area (Å²) in [6, 6.07) is 0. The molecule has 4 nitrogen and oxygen atoms in total. The van der Waals surface area contributed by atoms with E-state index in [1.807, 2.05) is 24.3 Å². The Kier molecular flexibility index (Phi) is 46.5. The lowest BCUT2D eigenvalue weighted by atomic mass is 10.0. The van der Waals surface area contributed by atoms with Gasteiger partial charge in [-0.3, -0.25) is 0 Å². The van der Waals surface area contributed by atoms with E-state index in [1.165, 1.54) is 89.9 Å². The zero-order valence-corrected chi connectivity index (χ0v) is 29.3. The van der Waals surface area contributed by atoms with Crippen LogP contribution in [0.2, 0.25) is 0 Å². The van der Waals surface area contributed by atoms with Crippen molar-refractivity contribution in [3.8, 4) is 0 Å². The van der Waals surface area contributed by atoms with Crippen LogP contribution in [0.4, 0.5) is 0 Å². The summed E-state index contributed by atoms with van der Waals surface area (Å²) < 4.78 is 1.90. The first-order valence-electron chi connectivity index (χ1n) is 15.4. The largest absolute Gasteiger partial charge is 1.00 e. The van der Waals surface area contributed by atoms with Crippen LogP contribution < -0.4 is 17.5 Å². The number of hydrogen-bond acceptors (Lipinski definition) is 2. The zero-order valence-electron chi connectivity index (χ0n) is 27.8. The molecule has 0 amide bonds. The molecular weight excluding hydrogens is 551 g/mol. The molecule has 41 heavy (non-hydrogen) atoms. The quantitative estimate of drug-likeness (QED) is 0.0498. The number of carboxylic acid groups (broad SMARTS) is 1. The van der Waals surface area contributed by atoms with Crippen LogP contribution in [0.3, 0.4) is 0 Å². The van der Waals surface area contributed by atoms with Crippen molar-refractivity contribution in [3.05, 3.63) is 63.3 Å². The van der Waals surface area contributed by atoms with Crippen LogP contribution in [0, 0.1) is 0 Å². The lowest BCUT2D eigenvalue weighted by Gasteiger charge is -2.26. The fraction of sp³-hybridized carbons (Fsp3) is 0.686. The summed E-state index contributed by atoms with van der Waals surface area (Å²) in [5.74, 6) is -0.386. The van der Waals surface area contributed by atoms with E-state index < -0.39 is 5.97 Å². The molecule has 0 aliphatic heterocycles. The maximum Gasteiger partial charge on any atom is 0.0969 e. The van der Waals surface area contributed by atoms with Crippen molar-refractivity contribution < 1.29 is 31.3 Å². The number of quaternary nitrogens is 2. The minimum Gasteiger partial charge on any atom is -1.00 e. The number of likely N-dealkylation sites (N-methyl/N-ethyl adjacent to an activating group) is 2. The monoisotopic (exact) mass is 618 g/mol. The van der Waals surface area contributed by atoms with Crippen LogP contribution in [0.15, 0.2) is 63.3 Å². The molecule has 0 unspecified atom stereocenters. The van der Waals surface area contributed by atoms with Gasteiger partial charge in [0.15, 0.2) is 0 Å². The van der Waals surface area contributed by atoms with E-state index in [9.17, 15) is 0 Å². The Bertz CT molecular complexity index is 539. The molecule has 0 saturated heterocycles. The molecule has 244 valence electrons. The Morgan fingerprint density at radius 2 is 0.805 bits per heavy atom. The van der Waals surface area contributed by atoms with E-state index in [1.54, 1.807) is 0 Å². The number of carboxylic acids is 1. The number of nitrogens with zero attached hydrogens (tertiary/aromatic N) is 2. The SMILES string of the molecule is C=CC(=O)[O-].C=CC[N+](C)(C)CC=C.C=CC[N+](C)(C)CC=C.CCCCCCCCCCCCCCCCCl.[Cl-]. The Hall–Kier alpha value is -1.33. The maximum absolute atomic E-state index is 9.14. The summed E-state index contributed by atoms with van der Waals surface area (Å²) in [6.45, 7) is 23.9. The molecule has 0 aromatic carbocycles. The predicted molar refractivity (Wildman–Crippen MR) is 181 cm³/mol. The van der Waals surface area contributed by atoms with Crippen LogP contribution >= 0.6 is 11.6 Å². The standard InChI is InChI=1S/C16H33Cl.2C8H16N.C3H4O2.ClH/c1-2-3-4-5-6-7-8-9-10-11-12-13-14-15-16-17;2*1-5-7-9(3,4)8-6-2;1-2-3(4)5;/h2-16H2,1H3;2*5-6H,1-2,7-8H2,3-4H3;2H,1H2,(H,4,5);1H/q;2*+1;;/p-2. The van der Waals surface area contributed by atoms with Crippen LogP contribution in [0.5, 0.6) is 0 Å². The fourth-order valence-corrected chi connectivity index (χ4v) is 4.03. The highest BCUT2D eigenvalue weighted by Gasteiger charge is 2.08. The molecule has 0 fully saturated rings.